The molecule has 11 heteroatoms. The van der Waals surface area contributed by atoms with Gasteiger partial charge in [0.2, 0.25) is 0 Å². The highest BCUT2D eigenvalue weighted by molar-refractivity contribution is 6.11. The lowest BCUT2D eigenvalue weighted by Gasteiger charge is -2.29. The number of halogens is 2. The SMILES string of the molecule is CCN(CCN1CCC(=O)C1)c1ccc(C(=O)Nc2n[nH]c3ccc(Cc4cc(F)cc(F)c4)cc23)c(NC2CCOCC2)c1. The van der Waals surface area contributed by atoms with E-state index in [1.807, 2.05) is 36.4 Å². The zero-order valence-electron chi connectivity index (χ0n) is 25.4. The van der Waals surface area contributed by atoms with Crippen molar-refractivity contribution < 1.29 is 23.1 Å². The fourth-order valence-corrected chi connectivity index (χ4v) is 6.11. The zero-order chi connectivity index (χ0) is 31.3. The minimum Gasteiger partial charge on any atom is -0.381 e. The monoisotopic (exact) mass is 616 g/mol. The number of Topliss-reactive ketones (excluding diaryl/α,β-unsaturated/α-hetero) is 1. The van der Waals surface area contributed by atoms with Crippen molar-refractivity contribution in [2.24, 2.45) is 0 Å². The third kappa shape index (κ3) is 7.49. The number of amides is 1. The Balaban J connectivity index is 1.23. The van der Waals surface area contributed by atoms with Crippen LogP contribution in [0.3, 0.4) is 0 Å². The molecule has 0 bridgehead atoms. The number of benzene rings is 3. The molecular formula is C34H38F2N6O3. The van der Waals surface area contributed by atoms with E-state index in [-0.39, 0.29) is 11.9 Å². The minimum absolute atomic E-state index is 0.174. The predicted octanol–water partition coefficient (Wildman–Crippen LogP) is 5.38. The molecule has 45 heavy (non-hydrogen) atoms. The molecule has 3 heterocycles. The summed E-state index contributed by atoms with van der Waals surface area (Å²) < 4.78 is 33.1. The van der Waals surface area contributed by atoms with E-state index >= 15 is 0 Å². The molecule has 0 radical (unpaired) electrons. The summed E-state index contributed by atoms with van der Waals surface area (Å²) in [7, 11) is 0. The van der Waals surface area contributed by atoms with Crippen molar-refractivity contribution in [3.63, 3.8) is 0 Å². The zero-order valence-corrected chi connectivity index (χ0v) is 25.4. The third-order valence-electron chi connectivity index (χ3n) is 8.56. The first-order valence-electron chi connectivity index (χ1n) is 15.6. The Morgan fingerprint density at radius 1 is 1.07 bits per heavy atom. The number of anilines is 3. The van der Waals surface area contributed by atoms with Gasteiger partial charge in [-0.05, 0) is 79.8 Å². The first-order chi connectivity index (χ1) is 21.8. The number of fused-ring (bicyclic) bond motifs is 1. The summed E-state index contributed by atoms with van der Waals surface area (Å²) in [4.78, 5) is 30.0. The molecule has 6 rings (SSSR count). The van der Waals surface area contributed by atoms with Gasteiger partial charge < -0.3 is 20.3 Å². The second-order valence-electron chi connectivity index (χ2n) is 11.8. The maximum atomic E-state index is 13.8. The number of carbonyl (C=O) groups is 2. The second kappa shape index (κ2) is 13.7. The average molecular weight is 617 g/mol. The second-order valence-corrected chi connectivity index (χ2v) is 11.8. The highest BCUT2D eigenvalue weighted by Gasteiger charge is 2.22. The molecule has 9 nitrogen and oxygen atoms in total. The van der Waals surface area contributed by atoms with Crippen molar-refractivity contribution in [3.05, 3.63) is 82.9 Å². The molecule has 0 spiro atoms. The summed E-state index contributed by atoms with van der Waals surface area (Å²) in [6, 6.07) is 15.1. The number of aromatic amines is 1. The summed E-state index contributed by atoms with van der Waals surface area (Å²) in [5.41, 5.74) is 4.30. The number of likely N-dealkylation sites (tertiary alicyclic amines) is 1. The highest BCUT2D eigenvalue weighted by atomic mass is 19.1. The van der Waals surface area contributed by atoms with Gasteiger partial charge in [0.05, 0.1) is 17.6 Å². The molecule has 2 aliphatic rings. The van der Waals surface area contributed by atoms with Crippen LogP contribution in [-0.2, 0) is 16.0 Å². The largest absolute Gasteiger partial charge is 0.381 e. The fraction of sp³-hybridized carbons (Fsp3) is 0.382. The molecule has 1 amide bonds. The van der Waals surface area contributed by atoms with E-state index in [1.165, 1.54) is 12.1 Å². The number of H-pyrrole nitrogens is 1. The van der Waals surface area contributed by atoms with E-state index in [1.54, 1.807) is 0 Å². The van der Waals surface area contributed by atoms with Gasteiger partial charge in [-0.2, -0.15) is 5.10 Å². The molecule has 1 aromatic heterocycles. The molecule has 3 aromatic carbocycles. The fourth-order valence-electron chi connectivity index (χ4n) is 6.11. The van der Waals surface area contributed by atoms with Crippen molar-refractivity contribution in [1.82, 2.24) is 15.1 Å². The Hall–Kier alpha value is -4.35. The van der Waals surface area contributed by atoms with Gasteiger partial charge in [-0.15, -0.1) is 0 Å². The van der Waals surface area contributed by atoms with Gasteiger partial charge in [-0.3, -0.25) is 19.6 Å². The molecule has 2 fully saturated rings. The summed E-state index contributed by atoms with van der Waals surface area (Å²) in [6.07, 6.45) is 2.63. The Kier molecular flexibility index (Phi) is 9.37. The molecule has 4 aromatic rings. The quantitative estimate of drug-likeness (QED) is 0.208. The summed E-state index contributed by atoms with van der Waals surface area (Å²) in [5.74, 6) is -0.883. The number of hydrogen-bond acceptors (Lipinski definition) is 7. The van der Waals surface area contributed by atoms with E-state index in [4.69, 9.17) is 4.74 Å². The predicted molar refractivity (Wildman–Crippen MR) is 171 cm³/mol. The number of rotatable bonds is 11. The van der Waals surface area contributed by atoms with Crippen LogP contribution in [0.15, 0.2) is 54.6 Å². The third-order valence-corrected chi connectivity index (χ3v) is 8.56. The molecular weight excluding hydrogens is 578 g/mol. The number of hydrogen-bond donors (Lipinski definition) is 3. The average Bonchev–Trinajstić information content (AvgIpc) is 3.62. The number of nitrogens with one attached hydrogen (secondary N) is 3. The lowest BCUT2D eigenvalue weighted by Crippen LogP contribution is -2.34. The Morgan fingerprint density at radius 2 is 1.87 bits per heavy atom. The van der Waals surface area contributed by atoms with Crippen LogP contribution < -0.4 is 15.5 Å². The molecule has 2 aliphatic heterocycles. The van der Waals surface area contributed by atoms with E-state index < -0.39 is 11.6 Å². The topological polar surface area (TPSA) is 103 Å². The van der Waals surface area contributed by atoms with Gasteiger partial charge >= 0.3 is 0 Å². The van der Waals surface area contributed by atoms with E-state index in [0.29, 0.717) is 60.7 Å². The van der Waals surface area contributed by atoms with Gasteiger partial charge in [0.25, 0.3) is 5.91 Å². The molecule has 0 saturated carbocycles. The highest BCUT2D eigenvalue weighted by Crippen LogP contribution is 2.29. The van der Waals surface area contributed by atoms with Crippen LogP contribution in [0, 0.1) is 11.6 Å². The normalized spacial score (nSPS) is 15.9. The van der Waals surface area contributed by atoms with Crippen molar-refractivity contribution in [2.75, 3.05) is 61.5 Å². The van der Waals surface area contributed by atoms with E-state index in [9.17, 15) is 18.4 Å². The van der Waals surface area contributed by atoms with Gasteiger partial charge in [-0.25, -0.2) is 8.78 Å². The summed E-state index contributed by atoms with van der Waals surface area (Å²) in [6.45, 7) is 7.11. The molecule has 3 N–H and O–H groups in total. The Labute approximate surface area is 260 Å². The van der Waals surface area contributed by atoms with Gasteiger partial charge in [0.15, 0.2) is 5.82 Å². The lowest BCUT2D eigenvalue weighted by molar-refractivity contribution is -0.116. The van der Waals surface area contributed by atoms with Gasteiger partial charge in [-0.1, -0.05) is 6.07 Å². The van der Waals surface area contributed by atoms with Crippen molar-refractivity contribution in [1.29, 1.82) is 0 Å². The number of ketones is 1. The summed E-state index contributed by atoms with van der Waals surface area (Å²) in [5, 5.41) is 14.6. The van der Waals surface area contributed by atoms with Crippen LogP contribution in [0.25, 0.3) is 10.9 Å². The summed E-state index contributed by atoms with van der Waals surface area (Å²) >= 11 is 0. The molecule has 0 aliphatic carbocycles. The van der Waals surface area contributed by atoms with Crippen molar-refractivity contribution in [3.8, 4) is 0 Å². The first-order valence-corrected chi connectivity index (χ1v) is 15.6. The minimum atomic E-state index is -0.622. The van der Waals surface area contributed by atoms with Gasteiger partial charge in [0.1, 0.15) is 17.4 Å². The number of nitrogens with zero attached hydrogens (tertiary/aromatic N) is 3. The van der Waals surface area contributed by atoms with Crippen molar-refractivity contribution in [2.45, 2.75) is 38.6 Å². The maximum Gasteiger partial charge on any atom is 0.258 e. The van der Waals surface area contributed by atoms with Crippen molar-refractivity contribution >= 4 is 39.8 Å². The number of ether oxygens (including phenoxy) is 1. The van der Waals surface area contributed by atoms with Crippen LogP contribution in [0.4, 0.5) is 26.0 Å². The van der Waals surface area contributed by atoms with E-state index in [0.717, 1.165) is 67.5 Å². The molecule has 2 saturated heterocycles. The lowest BCUT2D eigenvalue weighted by atomic mass is 10.0. The number of carbonyl (C=O) groups excluding carboxylic acids is 2. The van der Waals surface area contributed by atoms with E-state index in [2.05, 4.69) is 37.6 Å². The van der Waals surface area contributed by atoms with Crippen LogP contribution in [0.5, 0.6) is 0 Å². The van der Waals surface area contributed by atoms with Crippen LogP contribution in [0.1, 0.15) is 47.7 Å². The Bertz CT molecular complexity index is 1670. The van der Waals surface area contributed by atoms with Gasteiger partial charge in [0, 0.05) is 74.7 Å². The smallest absolute Gasteiger partial charge is 0.258 e. The standard InChI is InChI=1S/C34H38F2N6O3/c1-2-42(12-11-41-10-7-28(43)21-41)27-4-5-29(32(20-27)37-26-8-13-45-14-9-26)34(44)38-33-30-18-22(3-6-31(30)39-40-33)15-23-16-24(35)19-25(36)17-23/h3-6,16-20,26,37H,2,7-15,21H2,1H3,(H2,38,39,40,44). The number of aromatic nitrogens is 2. The number of likely N-dealkylation sites (N-methyl/N-ethyl adjacent to an activating group) is 1. The molecule has 0 atom stereocenters. The van der Waals surface area contributed by atoms with Crippen LogP contribution >= 0.6 is 0 Å². The molecule has 0 unspecified atom stereocenters. The van der Waals surface area contributed by atoms with Crippen LogP contribution in [-0.4, -0.2) is 78.8 Å². The maximum absolute atomic E-state index is 13.8. The Morgan fingerprint density at radius 3 is 2.60 bits per heavy atom. The first kappa shape index (κ1) is 30.7. The van der Waals surface area contributed by atoms with Crippen LogP contribution in [0.2, 0.25) is 0 Å². The molecule has 236 valence electrons.